The molecule has 0 radical (unpaired) electrons. The first-order valence-electron chi connectivity index (χ1n) is 7.12. The van der Waals surface area contributed by atoms with Crippen molar-refractivity contribution in [1.82, 2.24) is 5.32 Å². The molecule has 0 bridgehead atoms. The molecular formula is C16H24N2O2. The van der Waals surface area contributed by atoms with E-state index in [0.717, 1.165) is 25.2 Å². The number of para-hydroxylation sites is 1. The van der Waals surface area contributed by atoms with Crippen molar-refractivity contribution in [3.05, 3.63) is 29.8 Å². The Hall–Kier alpha value is -1.55. The maximum Gasteiger partial charge on any atom is 0.414 e. The van der Waals surface area contributed by atoms with E-state index in [1.54, 1.807) is 11.9 Å². The summed E-state index contributed by atoms with van der Waals surface area (Å²) in [5.74, 6) is 0.670. The molecule has 0 saturated carbocycles. The first kappa shape index (κ1) is 14.9. The fraction of sp³-hybridized carbons (Fsp3) is 0.562. The SMILES string of the molecule is CN(C(=O)OC(C)(C)C)c1ccccc1CC1CNC1. The first-order valence-corrected chi connectivity index (χ1v) is 7.12. The average Bonchev–Trinajstić information content (AvgIpc) is 2.31. The number of nitrogens with one attached hydrogen (secondary N) is 1. The van der Waals surface area contributed by atoms with Gasteiger partial charge < -0.3 is 10.1 Å². The Morgan fingerprint density at radius 1 is 1.35 bits per heavy atom. The summed E-state index contributed by atoms with van der Waals surface area (Å²) in [6.07, 6.45) is 0.688. The zero-order valence-electron chi connectivity index (χ0n) is 12.8. The van der Waals surface area contributed by atoms with E-state index in [-0.39, 0.29) is 6.09 Å². The predicted octanol–water partition coefficient (Wildman–Crippen LogP) is 2.82. The van der Waals surface area contributed by atoms with Crippen LogP contribution in [0.4, 0.5) is 10.5 Å². The molecule has 0 atom stereocenters. The highest BCUT2D eigenvalue weighted by molar-refractivity contribution is 5.88. The summed E-state index contributed by atoms with van der Waals surface area (Å²) in [4.78, 5) is 13.8. The normalized spacial score (nSPS) is 15.6. The van der Waals surface area contributed by atoms with Gasteiger partial charge in [0.05, 0.1) is 0 Å². The number of hydrogen-bond acceptors (Lipinski definition) is 3. The van der Waals surface area contributed by atoms with Crippen LogP contribution in [0.25, 0.3) is 0 Å². The van der Waals surface area contributed by atoms with Gasteiger partial charge in [0.1, 0.15) is 5.60 Å². The Bertz CT molecular complexity index is 476. The van der Waals surface area contributed by atoms with Crippen molar-refractivity contribution in [2.75, 3.05) is 25.0 Å². The van der Waals surface area contributed by atoms with Crippen LogP contribution in [0.5, 0.6) is 0 Å². The van der Waals surface area contributed by atoms with Crippen molar-refractivity contribution >= 4 is 11.8 Å². The van der Waals surface area contributed by atoms with Gasteiger partial charge in [-0.1, -0.05) is 18.2 Å². The second-order valence-electron chi connectivity index (χ2n) is 6.40. The molecule has 1 N–H and O–H groups in total. The Kier molecular flexibility index (Phi) is 4.33. The first-order chi connectivity index (χ1) is 9.37. The Morgan fingerprint density at radius 3 is 2.55 bits per heavy atom. The lowest BCUT2D eigenvalue weighted by Crippen LogP contribution is -2.43. The van der Waals surface area contributed by atoms with E-state index in [1.165, 1.54) is 5.56 Å². The number of ether oxygens (including phenoxy) is 1. The molecule has 1 fully saturated rings. The van der Waals surface area contributed by atoms with Crippen LogP contribution in [0.2, 0.25) is 0 Å². The van der Waals surface area contributed by atoms with Gasteiger partial charge >= 0.3 is 6.09 Å². The Balaban J connectivity index is 2.12. The predicted molar refractivity (Wildman–Crippen MR) is 81.1 cm³/mol. The lowest BCUT2D eigenvalue weighted by molar-refractivity contribution is 0.0589. The summed E-state index contributed by atoms with van der Waals surface area (Å²) < 4.78 is 5.43. The zero-order valence-corrected chi connectivity index (χ0v) is 12.8. The van der Waals surface area contributed by atoms with E-state index >= 15 is 0 Å². The van der Waals surface area contributed by atoms with Crippen molar-refractivity contribution in [1.29, 1.82) is 0 Å². The molecule has 1 aliphatic heterocycles. The van der Waals surface area contributed by atoms with E-state index in [1.807, 2.05) is 39.0 Å². The van der Waals surface area contributed by atoms with Crippen LogP contribution in [0, 0.1) is 5.92 Å². The van der Waals surface area contributed by atoms with Crippen molar-refractivity contribution in [3.8, 4) is 0 Å². The quantitative estimate of drug-likeness (QED) is 0.923. The van der Waals surface area contributed by atoms with E-state index in [0.29, 0.717) is 5.92 Å². The molecule has 1 aromatic carbocycles. The minimum Gasteiger partial charge on any atom is -0.443 e. The number of anilines is 1. The van der Waals surface area contributed by atoms with Gasteiger partial charge in [-0.25, -0.2) is 4.79 Å². The van der Waals surface area contributed by atoms with Crippen LogP contribution in [0.3, 0.4) is 0 Å². The summed E-state index contributed by atoms with van der Waals surface area (Å²) in [7, 11) is 1.77. The molecular weight excluding hydrogens is 252 g/mol. The van der Waals surface area contributed by atoms with Gasteiger partial charge in [-0.15, -0.1) is 0 Å². The third kappa shape index (κ3) is 3.73. The number of carbonyl (C=O) groups excluding carboxylic acids is 1. The van der Waals surface area contributed by atoms with E-state index in [9.17, 15) is 4.79 Å². The maximum absolute atomic E-state index is 12.2. The van der Waals surface area contributed by atoms with Crippen LogP contribution in [-0.4, -0.2) is 31.8 Å². The van der Waals surface area contributed by atoms with Crippen LogP contribution in [-0.2, 0) is 11.2 Å². The smallest absolute Gasteiger partial charge is 0.414 e. The second-order valence-corrected chi connectivity index (χ2v) is 6.40. The molecule has 4 heteroatoms. The molecule has 1 aliphatic rings. The lowest BCUT2D eigenvalue weighted by atomic mass is 9.93. The largest absolute Gasteiger partial charge is 0.443 e. The van der Waals surface area contributed by atoms with Crippen molar-refractivity contribution in [2.45, 2.75) is 32.8 Å². The topological polar surface area (TPSA) is 41.6 Å². The van der Waals surface area contributed by atoms with Crippen LogP contribution >= 0.6 is 0 Å². The molecule has 0 aliphatic carbocycles. The van der Waals surface area contributed by atoms with Gasteiger partial charge in [-0.3, -0.25) is 4.90 Å². The van der Waals surface area contributed by atoms with E-state index in [4.69, 9.17) is 4.74 Å². The highest BCUT2D eigenvalue weighted by atomic mass is 16.6. The summed E-state index contributed by atoms with van der Waals surface area (Å²) in [6, 6.07) is 8.05. The van der Waals surface area contributed by atoms with Gasteiger partial charge in [0.25, 0.3) is 0 Å². The highest BCUT2D eigenvalue weighted by Gasteiger charge is 2.24. The fourth-order valence-corrected chi connectivity index (χ4v) is 2.24. The lowest BCUT2D eigenvalue weighted by Gasteiger charge is -2.30. The molecule has 0 spiro atoms. The highest BCUT2D eigenvalue weighted by Crippen LogP contribution is 2.25. The van der Waals surface area contributed by atoms with Crippen LogP contribution < -0.4 is 10.2 Å². The number of rotatable bonds is 3. The molecule has 1 heterocycles. The summed E-state index contributed by atoms with van der Waals surface area (Å²) >= 11 is 0. The molecule has 2 rings (SSSR count). The van der Waals surface area contributed by atoms with E-state index < -0.39 is 5.60 Å². The second kappa shape index (κ2) is 5.83. The van der Waals surface area contributed by atoms with Gasteiger partial charge in [-0.05, 0) is 57.8 Å². The average molecular weight is 276 g/mol. The summed E-state index contributed by atoms with van der Waals surface area (Å²) in [5.41, 5.74) is 1.67. The maximum atomic E-state index is 12.2. The van der Waals surface area contributed by atoms with Crippen LogP contribution in [0.1, 0.15) is 26.3 Å². The summed E-state index contributed by atoms with van der Waals surface area (Å²) in [6.45, 7) is 7.76. The minimum absolute atomic E-state index is 0.309. The number of nitrogens with zero attached hydrogens (tertiary/aromatic N) is 1. The third-order valence-electron chi connectivity index (χ3n) is 3.39. The van der Waals surface area contributed by atoms with Crippen LogP contribution in [0.15, 0.2) is 24.3 Å². The minimum atomic E-state index is -0.474. The molecule has 110 valence electrons. The number of amides is 1. The standard InChI is InChI=1S/C16H24N2O2/c1-16(2,3)20-15(19)18(4)14-8-6-5-7-13(14)9-12-10-17-11-12/h5-8,12,17H,9-11H2,1-4H3. The fourth-order valence-electron chi connectivity index (χ4n) is 2.24. The van der Waals surface area contributed by atoms with Gasteiger partial charge in [-0.2, -0.15) is 0 Å². The number of hydrogen-bond donors (Lipinski definition) is 1. The van der Waals surface area contributed by atoms with Crippen molar-refractivity contribution < 1.29 is 9.53 Å². The van der Waals surface area contributed by atoms with Crippen molar-refractivity contribution in [2.24, 2.45) is 5.92 Å². The molecule has 1 amide bonds. The molecule has 0 unspecified atom stereocenters. The molecule has 20 heavy (non-hydrogen) atoms. The van der Waals surface area contributed by atoms with Gasteiger partial charge in [0, 0.05) is 12.7 Å². The Labute approximate surface area is 121 Å². The third-order valence-corrected chi connectivity index (χ3v) is 3.39. The number of carbonyl (C=O) groups is 1. The van der Waals surface area contributed by atoms with E-state index in [2.05, 4.69) is 11.4 Å². The zero-order chi connectivity index (χ0) is 14.8. The number of benzene rings is 1. The monoisotopic (exact) mass is 276 g/mol. The Morgan fingerprint density at radius 2 is 2.00 bits per heavy atom. The molecule has 1 saturated heterocycles. The van der Waals surface area contributed by atoms with Crippen molar-refractivity contribution in [3.63, 3.8) is 0 Å². The van der Waals surface area contributed by atoms with Gasteiger partial charge in [0.15, 0.2) is 0 Å². The summed E-state index contributed by atoms with van der Waals surface area (Å²) in [5, 5.41) is 3.28. The molecule has 0 aromatic heterocycles. The van der Waals surface area contributed by atoms with Gasteiger partial charge in [0.2, 0.25) is 0 Å². The molecule has 4 nitrogen and oxygen atoms in total. The molecule has 1 aromatic rings.